The molecule has 0 spiro atoms. The molecule has 0 aliphatic rings. The molecule has 0 aliphatic carbocycles. The van der Waals surface area contributed by atoms with E-state index in [0.717, 1.165) is 27.4 Å². The van der Waals surface area contributed by atoms with Gasteiger partial charge in [-0.05, 0) is 25.3 Å². The van der Waals surface area contributed by atoms with Crippen LogP contribution in [0.1, 0.15) is 11.4 Å². The molecule has 0 aromatic carbocycles. The highest BCUT2D eigenvalue weighted by Crippen LogP contribution is 2.26. The summed E-state index contributed by atoms with van der Waals surface area (Å²) >= 11 is 1.61. The van der Waals surface area contributed by atoms with Gasteiger partial charge in [0.2, 0.25) is 0 Å². The van der Waals surface area contributed by atoms with Crippen molar-refractivity contribution in [1.29, 1.82) is 0 Å². The Morgan fingerprint density at radius 3 is 2.82 bits per heavy atom. The SMILES string of the molecule is Cc1nn(-c2ncnc3ccsc23)c(C)c1N. The van der Waals surface area contributed by atoms with Crippen LogP contribution in [0.2, 0.25) is 0 Å². The van der Waals surface area contributed by atoms with E-state index in [4.69, 9.17) is 5.73 Å². The molecular formula is C11H11N5S. The van der Waals surface area contributed by atoms with Crippen LogP contribution >= 0.6 is 11.3 Å². The summed E-state index contributed by atoms with van der Waals surface area (Å²) < 4.78 is 2.81. The third kappa shape index (κ3) is 1.41. The van der Waals surface area contributed by atoms with E-state index in [1.807, 2.05) is 25.3 Å². The molecule has 17 heavy (non-hydrogen) atoms. The van der Waals surface area contributed by atoms with E-state index in [1.54, 1.807) is 22.3 Å². The molecule has 86 valence electrons. The predicted octanol–water partition coefficient (Wildman–Crippen LogP) is 2.08. The van der Waals surface area contributed by atoms with Crippen LogP contribution < -0.4 is 5.73 Å². The number of aryl methyl sites for hydroxylation is 1. The van der Waals surface area contributed by atoms with Gasteiger partial charge in [-0.1, -0.05) is 0 Å². The Hall–Kier alpha value is -1.95. The topological polar surface area (TPSA) is 69.6 Å². The average molecular weight is 245 g/mol. The first-order valence-corrected chi connectivity index (χ1v) is 6.06. The lowest BCUT2D eigenvalue weighted by Crippen LogP contribution is -2.02. The van der Waals surface area contributed by atoms with Crippen LogP contribution in [0.4, 0.5) is 5.69 Å². The lowest BCUT2D eigenvalue weighted by atomic mass is 10.3. The minimum absolute atomic E-state index is 0.716. The maximum Gasteiger partial charge on any atom is 0.174 e. The number of hydrogen-bond acceptors (Lipinski definition) is 5. The van der Waals surface area contributed by atoms with E-state index >= 15 is 0 Å². The van der Waals surface area contributed by atoms with Crippen LogP contribution in [0, 0.1) is 13.8 Å². The quantitative estimate of drug-likeness (QED) is 0.712. The van der Waals surface area contributed by atoms with Gasteiger partial charge in [-0.25, -0.2) is 14.6 Å². The number of nitrogen functional groups attached to an aromatic ring is 1. The van der Waals surface area contributed by atoms with Gasteiger partial charge in [0.1, 0.15) is 6.33 Å². The van der Waals surface area contributed by atoms with Crippen molar-refractivity contribution in [2.45, 2.75) is 13.8 Å². The second-order valence-electron chi connectivity index (χ2n) is 3.83. The number of anilines is 1. The van der Waals surface area contributed by atoms with Crippen LogP contribution in [-0.4, -0.2) is 19.7 Å². The smallest absolute Gasteiger partial charge is 0.174 e. The number of aromatic nitrogens is 4. The monoisotopic (exact) mass is 245 g/mol. The number of nitrogens with zero attached hydrogens (tertiary/aromatic N) is 4. The lowest BCUT2D eigenvalue weighted by molar-refractivity contribution is 0.812. The van der Waals surface area contributed by atoms with Crippen molar-refractivity contribution in [2.24, 2.45) is 0 Å². The molecule has 2 N–H and O–H groups in total. The molecule has 0 fully saturated rings. The summed E-state index contributed by atoms with van der Waals surface area (Å²) in [5.74, 6) is 0.794. The minimum Gasteiger partial charge on any atom is -0.396 e. The van der Waals surface area contributed by atoms with E-state index in [2.05, 4.69) is 15.1 Å². The van der Waals surface area contributed by atoms with Crippen LogP contribution in [0.3, 0.4) is 0 Å². The molecule has 0 amide bonds. The highest BCUT2D eigenvalue weighted by atomic mass is 32.1. The molecule has 3 aromatic rings. The van der Waals surface area contributed by atoms with Gasteiger partial charge in [0, 0.05) is 0 Å². The standard InChI is InChI=1S/C11H11N5S/c1-6-9(12)7(2)16(15-6)11-10-8(3-4-17-10)13-5-14-11/h3-5H,12H2,1-2H3. The van der Waals surface area contributed by atoms with Gasteiger partial charge in [-0.2, -0.15) is 5.10 Å². The third-order valence-corrected chi connectivity index (χ3v) is 3.67. The van der Waals surface area contributed by atoms with Gasteiger partial charge in [-0.3, -0.25) is 0 Å². The van der Waals surface area contributed by atoms with E-state index in [0.29, 0.717) is 5.69 Å². The van der Waals surface area contributed by atoms with Gasteiger partial charge in [-0.15, -0.1) is 11.3 Å². The largest absolute Gasteiger partial charge is 0.396 e. The van der Waals surface area contributed by atoms with Crippen LogP contribution in [0.5, 0.6) is 0 Å². The summed E-state index contributed by atoms with van der Waals surface area (Å²) in [7, 11) is 0. The summed E-state index contributed by atoms with van der Waals surface area (Å²) in [6.07, 6.45) is 1.55. The van der Waals surface area contributed by atoms with Gasteiger partial charge < -0.3 is 5.73 Å². The Balaban J connectivity index is 2.34. The lowest BCUT2D eigenvalue weighted by Gasteiger charge is -2.03. The molecule has 0 unspecified atom stereocenters. The zero-order valence-corrected chi connectivity index (χ0v) is 10.3. The first kappa shape index (κ1) is 10.2. The Morgan fingerprint density at radius 1 is 1.29 bits per heavy atom. The zero-order valence-electron chi connectivity index (χ0n) is 9.51. The maximum absolute atomic E-state index is 5.94. The summed E-state index contributed by atoms with van der Waals surface area (Å²) in [4.78, 5) is 8.52. The molecule has 6 heteroatoms. The Kier molecular flexibility index (Phi) is 2.12. The summed E-state index contributed by atoms with van der Waals surface area (Å²) in [6, 6.07) is 1.97. The molecule has 5 nitrogen and oxygen atoms in total. The summed E-state index contributed by atoms with van der Waals surface area (Å²) in [6.45, 7) is 3.84. The van der Waals surface area contributed by atoms with E-state index in [9.17, 15) is 0 Å². The number of thiophene rings is 1. The van der Waals surface area contributed by atoms with Crippen molar-refractivity contribution in [3.8, 4) is 5.82 Å². The number of rotatable bonds is 1. The van der Waals surface area contributed by atoms with Gasteiger partial charge in [0.25, 0.3) is 0 Å². The first-order valence-electron chi connectivity index (χ1n) is 5.18. The van der Waals surface area contributed by atoms with E-state index in [-0.39, 0.29) is 0 Å². The Morgan fingerprint density at radius 2 is 2.12 bits per heavy atom. The fraction of sp³-hybridized carbons (Fsp3) is 0.182. The normalized spacial score (nSPS) is 11.2. The van der Waals surface area contributed by atoms with Gasteiger partial charge in [0.05, 0.1) is 27.3 Å². The van der Waals surface area contributed by atoms with Crippen LogP contribution in [-0.2, 0) is 0 Å². The van der Waals surface area contributed by atoms with Crippen molar-refractivity contribution in [1.82, 2.24) is 19.7 Å². The fourth-order valence-electron chi connectivity index (χ4n) is 1.79. The number of nitrogens with two attached hydrogens (primary N) is 1. The molecule has 0 saturated carbocycles. The van der Waals surface area contributed by atoms with Crippen molar-refractivity contribution in [2.75, 3.05) is 5.73 Å². The van der Waals surface area contributed by atoms with Crippen LogP contribution in [0.25, 0.3) is 16.0 Å². The fourth-order valence-corrected chi connectivity index (χ4v) is 2.61. The molecule has 0 bridgehead atoms. The Labute approximate surface area is 102 Å². The molecule has 0 saturated heterocycles. The Bertz CT molecular complexity index is 697. The number of fused-ring (bicyclic) bond motifs is 1. The van der Waals surface area contributed by atoms with Crippen molar-refractivity contribution in [3.63, 3.8) is 0 Å². The molecule has 0 radical (unpaired) electrons. The van der Waals surface area contributed by atoms with Gasteiger partial charge >= 0.3 is 0 Å². The zero-order chi connectivity index (χ0) is 12.0. The second-order valence-corrected chi connectivity index (χ2v) is 4.74. The van der Waals surface area contributed by atoms with E-state index < -0.39 is 0 Å². The summed E-state index contributed by atoms with van der Waals surface area (Å²) in [5, 5.41) is 6.42. The van der Waals surface area contributed by atoms with E-state index in [1.165, 1.54) is 0 Å². The minimum atomic E-state index is 0.716. The first-order chi connectivity index (χ1) is 8.18. The van der Waals surface area contributed by atoms with Crippen molar-refractivity contribution >= 4 is 27.2 Å². The molecule has 3 heterocycles. The van der Waals surface area contributed by atoms with Crippen molar-refractivity contribution < 1.29 is 0 Å². The second kappa shape index (κ2) is 3.53. The van der Waals surface area contributed by atoms with Gasteiger partial charge in [0.15, 0.2) is 5.82 Å². The third-order valence-electron chi connectivity index (χ3n) is 2.77. The molecule has 3 rings (SSSR count). The maximum atomic E-state index is 5.94. The molecular weight excluding hydrogens is 234 g/mol. The molecule has 0 aliphatic heterocycles. The van der Waals surface area contributed by atoms with Crippen LogP contribution in [0.15, 0.2) is 17.8 Å². The summed E-state index contributed by atoms with van der Waals surface area (Å²) in [5.41, 5.74) is 9.33. The average Bonchev–Trinajstić information content (AvgIpc) is 2.89. The highest BCUT2D eigenvalue weighted by Gasteiger charge is 2.14. The molecule has 0 atom stereocenters. The predicted molar refractivity (Wildman–Crippen MR) is 68.4 cm³/mol. The number of hydrogen-bond donors (Lipinski definition) is 1. The van der Waals surface area contributed by atoms with Crippen molar-refractivity contribution in [3.05, 3.63) is 29.2 Å². The highest BCUT2D eigenvalue weighted by molar-refractivity contribution is 7.17. The molecule has 3 aromatic heterocycles.